The van der Waals surface area contributed by atoms with Crippen LogP contribution in [-0.4, -0.2) is 30.9 Å². The second-order valence-electron chi connectivity index (χ2n) is 8.11. The van der Waals surface area contributed by atoms with Crippen molar-refractivity contribution in [2.75, 3.05) is 5.32 Å². The van der Waals surface area contributed by atoms with E-state index in [4.69, 9.17) is 4.98 Å². The number of nitrogens with zero attached hydrogens (tertiary/aromatic N) is 4. The molecule has 154 valence electrons. The van der Waals surface area contributed by atoms with Gasteiger partial charge in [0.15, 0.2) is 11.5 Å². The van der Waals surface area contributed by atoms with Gasteiger partial charge in [-0.3, -0.25) is 9.89 Å². The number of pyridine rings is 1. The molecule has 4 rings (SSSR count). The van der Waals surface area contributed by atoms with E-state index in [2.05, 4.69) is 34.5 Å². The first-order valence-electron chi connectivity index (χ1n) is 10.2. The van der Waals surface area contributed by atoms with Crippen LogP contribution in [0.2, 0.25) is 0 Å². The Labute approximate surface area is 175 Å². The van der Waals surface area contributed by atoms with E-state index in [1.807, 2.05) is 61.9 Å². The lowest BCUT2D eigenvalue weighted by Gasteiger charge is -2.11. The number of anilines is 1. The molecule has 1 aromatic carbocycles. The molecule has 3 aromatic heterocycles. The largest absolute Gasteiger partial charge is 0.305 e. The lowest BCUT2D eigenvalue weighted by atomic mass is 10.0. The second kappa shape index (κ2) is 7.74. The zero-order valence-electron chi connectivity index (χ0n) is 17.9. The Morgan fingerprint density at radius 3 is 2.57 bits per heavy atom. The van der Waals surface area contributed by atoms with Crippen molar-refractivity contribution >= 4 is 22.8 Å². The average Bonchev–Trinajstić information content (AvgIpc) is 3.34. The average molecular weight is 403 g/mol. The molecule has 0 aliphatic carbocycles. The molecule has 1 amide bonds. The number of aromatic nitrogens is 5. The molecule has 0 bridgehead atoms. The number of carbonyl (C=O) groups excluding carboxylic acids is 1. The molecule has 7 heteroatoms. The Kier molecular flexibility index (Phi) is 5.11. The smallest absolute Gasteiger partial charge is 0.257 e. The Bertz CT molecular complexity index is 1220. The van der Waals surface area contributed by atoms with Gasteiger partial charge in [-0.25, -0.2) is 9.67 Å². The van der Waals surface area contributed by atoms with Crippen molar-refractivity contribution in [2.45, 2.75) is 46.6 Å². The minimum atomic E-state index is -0.234. The van der Waals surface area contributed by atoms with Crippen LogP contribution < -0.4 is 5.32 Å². The Morgan fingerprint density at radius 2 is 1.90 bits per heavy atom. The minimum Gasteiger partial charge on any atom is -0.305 e. The van der Waals surface area contributed by atoms with Crippen LogP contribution in [0, 0.1) is 6.92 Å². The number of H-pyrrole nitrogens is 1. The lowest BCUT2D eigenvalue weighted by Crippen LogP contribution is -2.14. The van der Waals surface area contributed by atoms with Crippen LogP contribution in [-0.2, 0) is 0 Å². The fourth-order valence-corrected chi connectivity index (χ4v) is 3.46. The van der Waals surface area contributed by atoms with Crippen LogP contribution in [0.1, 0.15) is 61.3 Å². The van der Waals surface area contributed by atoms with E-state index in [-0.39, 0.29) is 11.9 Å². The summed E-state index contributed by atoms with van der Waals surface area (Å²) in [4.78, 5) is 18.1. The number of rotatable bonds is 5. The second-order valence-corrected chi connectivity index (χ2v) is 8.11. The number of hydrogen-bond donors (Lipinski definition) is 2. The summed E-state index contributed by atoms with van der Waals surface area (Å²) in [7, 11) is 0. The molecule has 0 radical (unpaired) electrons. The van der Waals surface area contributed by atoms with Gasteiger partial charge in [0, 0.05) is 23.4 Å². The highest BCUT2D eigenvalue weighted by molar-refractivity contribution is 6.12. The molecule has 0 aliphatic rings. The fraction of sp³-hybridized carbons (Fsp3) is 0.304. The van der Waals surface area contributed by atoms with Crippen LogP contribution in [0.3, 0.4) is 0 Å². The number of aromatic amines is 1. The van der Waals surface area contributed by atoms with Crippen molar-refractivity contribution in [3.63, 3.8) is 0 Å². The number of benzene rings is 1. The highest BCUT2D eigenvalue weighted by Crippen LogP contribution is 2.28. The van der Waals surface area contributed by atoms with Crippen LogP contribution in [0.15, 0.2) is 42.6 Å². The molecule has 0 atom stereocenters. The fourth-order valence-electron chi connectivity index (χ4n) is 3.46. The molecule has 7 nitrogen and oxygen atoms in total. The van der Waals surface area contributed by atoms with Gasteiger partial charge in [-0.15, -0.1) is 0 Å². The van der Waals surface area contributed by atoms with E-state index in [1.54, 1.807) is 6.20 Å². The third kappa shape index (κ3) is 3.58. The van der Waals surface area contributed by atoms with Crippen molar-refractivity contribution < 1.29 is 4.79 Å². The molecule has 0 saturated heterocycles. The molecule has 0 spiro atoms. The van der Waals surface area contributed by atoms with Gasteiger partial charge in [0.1, 0.15) is 0 Å². The zero-order valence-corrected chi connectivity index (χ0v) is 17.9. The molecule has 0 fully saturated rings. The quantitative estimate of drug-likeness (QED) is 0.487. The minimum absolute atomic E-state index is 0.123. The van der Waals surface area contributed by atoms with Gasteiger partial charge in [-0.05, 0) is 38.3 Å². The third-order valence-corrected chi connectivity index (χ3v) is 5.18. The maximum absolute atomic E-state index is 13.2. The highest BCUT2D eigenvalue weighted by Gasteiger charge is 2.20. The number of aryl methyl sites for hydroxylation is 1. The molecule has 0 aliphatic heterocycles. The number of carbonyl (C=O) groups is 1. The number of hydrogen-bond acceptors (Lipinski definition) is 4. The van der Waals surface area contributed by atoms with Gasteiger partial charge in [0.05, 0.1) is 22.8 Å². The van der Waals surface area contributed by atoms with E-state index in [1.165, 1.54) is 0 Å². The van der Waals surface area contributed by atoms with Gasteiger partial charge in [0.2, 0.25) is 0 Å². The van der Waals surface area contributed by atoms with Crippen molar-refractivity contribution in [1.29, 1.82) is 0 Å². The van der Waals surface area contributed by atoms with Gasteiger partial charge >= 0.3 is 0 Å². The summed E-state index contributed by atoms with van der Waals surface area (Å²) in [5.74, 6) is 0.567. The molecule has 3 heterocycles. The van der Waals surface area contributed by atoms with Crippen molar-refractivity contribution in [3.05, 3.63) is 59.4 Å². The Hall–Kier alpha value is -3.48. The summed E-state index contributed by atoms with van der Waals surface area (Å²) < 4.78 is 1.85. The van der Waals surface area contributed by atoms with Crippen molar-refractivity contribution in [3.8, 4) is 11.3 Å². The summed E-state index contributed by atoms with van der Waals surface area (Å²) in [5.41, 5.74) is 5.03. The normalized spacial score (nSPS) is 11.6. The number of amides is 1. The molecule has 0 unspecified atom stereocenters. The maximum atomic E-state index is 13.2. The first-order chi connectivity index (χ1) is 14.3. The Morgan fingerprint density at radius 1 is 1.13 bits per heavy atom. The third-order valence-electron chi connectivity index (χ3n) is 5.18. The monoisotopic (exact) mass is 402 g/mol. The van der Waals surface area contributed by atoms with Crippen LogP contribution in [0.5, 0.6) is 0 Å². The van der Waals surface area contributed by atoms with E-state index in [9.17, 15) is 4.79 Å². The summed E-state index contributed by atoms with van der Waals surface area (Å²) in [6, 6.07) is 11.8. The number of fused-ring (bicyclic) bond motifs is 1. The van der Waals surface area contributed by atoms with E-state index < -0.39 is 0 Å². The summed E-state index contributed by atoms with van der Waals surface area (Å²) in [6.07, 6.45) is 1.71. The summed E-state index contributed by atoms with van der Waals surface area (Å²) in [5, 5.41) is 15.3. The summed E-state index contributed by atoms with van der Waals surface area (Å²) in [6.45, 7) is 10.3. The topological polar surface area (TPSA) is 88.5 Å². The Balaban J connectivity index is 1.83. The van der Waals surface area contributed by atoms with E-state index in [0.29, 0.717) is 22.9 Å². The molecule has 30 heavy (non-hydrogen) atoms. The number of nitrogens with one attached hydrogen (secondary N) is 2. The maximum Gasteiger partial charge on any atom is 0.257 e. The SMILES string of the molecule is Cc1ccccc1-c1cc(C(=O)Nc2cc(C(C)C)[nH]n2)c2cnn(C(C)C)c2n1. The van der Waals surface area contributed by atoms with E-state index in [0.717, 1.165) is 27.9 Å². The predicted molar refractivity (Wildman–Crippen MR) is 119 cm³/mol. The zero-order chi connectivity index (χ0) is 21.4. The van der Waals surface area contributed by atoms with Gasteiger partial charge in [-0.1, -0.05) is 38.1 Å². The molecule has 0 saturated carbocycles. The molecule has 4 aromatic rings. The molecular formula is C23H26N6O. The predicted octanol–water partition coefficient (Wildman–Crippen LogP) is 5.09. The van der Waals surface area contributed by atoms with E-state index >= 15 is 0 Å². The van der Waals surface area contributed by atoms with Crippen molar-refractivity contribution in [2.24, 2.45) is 0 Å². The first-order valence-corrected chi connectivity index (χ1v) is 10.2. The van der Waals surface area contributed by atoms with Crippen LogP contribution >= 0.6 is 0 Å². The first kappa shape index (κ1) is 19.8. The van der Waals surface area contributed by atoms with Crippen molar-refractivity contribution in [1.82, 2.24) is 25.0 Å². The van der Waals surface area contributed by atoms with Crippen LogP contribution in [0.4, 0.5) is 5.82 Å². The summed E-state index contributed by atoms with van der Waals surface area (Å²) >= 11 is 0. The highest BCUT2D eigenvalue weighted by atomic mass is 16.1. The lowest BCUT2D eigenvalue weighted by molar-refractivity contribution is 0.102. The standard InChI is InChI=1S/C23H26N6O/c1-13(2)19-11-21(28-27-19)26-23(30)17-10-20(16-9-7-6-8-15(16)5)25-22-18(17)12-24-29(22)14(3)4/h6-14H,1-5H3,(H2,26,27,28,30). The van der Waals surface area contributed by atoms with Gasteiger partial charge in [0.25, 0.3) is 5.91 Å². The van der Waals surface area contributed by atoms with Gasteiger partial charge < -0.3 is 5.32 Å². The van der Waals surface area contributed by atoms with Crippen LogP contribution in [0.25, 0.3) is 22.3 Å². The van der Waals surface area contributed by atoms with Gasteiger partial charge in [-0.2, -0.15) is 10.2 Å². The molecular weight excluding hydrogens is 376 g/mol. The molecule has 2 N–H and O–H groups in total.